The molecule has 1 rings (SSSR count). The largest absolute Gasteiger partial charge is 0.496 e. The highest BCUT2D eigenvalue weighted by Gasteiger charge is 2.15. The zero-order valence-electron chi connectivity index (χ0n) is 12.6. The van der Waals surface area contributed by atoms with Crippen molar-refractivity contribution in [3.8, 4) is 11.8 Å². The van der Waals surface area contributed by atoms with E-state index in [4.69, 9.17) is 10.00 Å². The Labute approximate surface area is 116 Å². The molecule has 0 fully saturated rings. The lowest BCUT2D eigenvalue weighted by atomic mass is 9.99. The number of nitrogens with zero attached hydrogens (tertiary/aromatic N) is 1. The van der Waals surface area contributed by atoms with E-state index in [1.807, 2.05) is 13.8 Å². The molecule has 19 heavy (non-hydrogen) atoms. The van der Waals surface area contributed by atoms with Gasteiger partial charge in [-0.05, 0) is 43.4 Å². The Morgan fingerprint density at radius 1 is 1.37 bits per heavy atom. The Hall–Kier alpha value is -1.53. The summed E-state index contributed by atoms with van der Waals surface area (Å²) in [7, 11) is 1.70. The van der Waals surface area contributed by atoms with Crippen molar-refractivity contribution in [2.75, 3.05) is 13.7 Å². The van der Waals surface area contributed by atoms with E-state index in [1.54, 1.807) is 7.11 Å². The minimum atomic E-state index is -0.481. The molecule has 0 saturated carbocycles. The molecule has 0 atom stereocenters. The number of rotatable bonds is 6. The SMILES string of the molecule is COc1cc(C(C)C)ccc1CCNC(C)(C)C#N. The summed E-state index contributed by atoms with van der Waals surface area (Å²) < 4.78 is 5.45. The summed E-state index contributed by atoms with van der Waals surface area (Å²) in [6, 6.07) is 8.62. The molecule has 1 aromatic rings. The number of methoxy groups -OCH3 is 1. The molecule has 3 nitrogen and oxygen atoms in total. The first-order valence-corrected chi connectivity index (χ1v) is 6.72. The van der Waals surface area contributed by atoms with Gasteiger partial charge in [0.05, 0.1) is 13.2 Å². The van der Waals surface area contributed by atoms with Crippen LogP contribution in [0.15, 0.2) is 18.2 Å². The van der Waals surface area contributed by atoms with E-state index in [0.29, 0.717) is 5.92 Å². The summed E-state index contributed by atoms with van der Waals surface area (Å²) in [6.45, 7) is 8.87. The van der Waals surface area contributed by atoms with Crippen molar-refractivity contribution in [3.05, 3.63) is 29.3 Å². The number of hydrogen-bond donors (Lipinski definition) is 1. The number of hydrogen-bond acceptors (Lipinski definition) is 3. The lowest BCUT2D eigenvalue weighted by Crippen LogP contribution is -2.38. The van der Waals surface area contributed by atoms with Gasteiger partial charge in [0.15, 0.2) is 0 Å². The number of benzene rings is 1. The minimum absolute atomic E-state index is 0.481. The first-order chi connectivity index (χ1) is 8.89. The Balaban J connectivity index is 2.71. The van der Waals surface area contributed by atoms with Gasteiger partial charge in [-0.25, -0.2) is 0 Å². The fourth-order valence-electron chi connectivity index (χ4n) is 1.88. The lowest BCUT2D eigenvalue weighted by molar-refractivity contribution is 0.406. The van der Waals surface area contributed by atoms with Gasteiger partial charge in [-0.15, -0.1) is 0 Å². The summed E-state index contributed by atoms with van der Waals surface area (Å²) in [4.78, 5) is 0. The Morgan fingerprint density at radius 3 is 2.58 bits per heavy atom. The van der Waals surface area contributed by atoms with Crippen LogP contribution in [0.2, 0.25) is 0 Å². The van der Waals surface area contributed by atoms with Crippen LogP contribution in [0.1, 0.15) is 44.7 Å². The van der Waals surface area contributed by atoms with Gasteiger partial charge < -0.3 is 4.74 Å². The molecular weight excluding hydrogens is 236 g/mol. The predicted octanol–water partition coefficient (Wildman–Crippen LogP) is 3.25. The van der Waals surface area contributed by atoms with Crippen LogP contribution in [0.3, 0.4) is 0 Å². The third-order valence-corrected chi connectivity index (χ3v) is 3.22. The molecule has 1 aromatic carbocycles. The van der Waals surface area contributed by atoms with Gasteiger partial charge in [-0.2, -0.15) is 5.26 Å². The van der Waals surface area contributed by atoms with Crippen molar-refractivity contribution < 1.29 is 4.74 Å². The molecule has 0 aliphatic heterocycles. The van der Waals surface area contributed by atoms with Crippen LogP contribution in [0.5, 0.6) is 5.75 Å². The zero-order valence-corrected chi connectivity index (χ0v) is 12.6. The molecule has 0 saturated heterocycles. The van der Waals surface area contributed by atoms with Gasteiger partial charge in [0.25, 0.3) is 0 Å². The van der Waals surface area contributed by atoms with Gasteiger partial charge in [0.2, 0.25) is 0 Å². The van der Waals surface area contributed by atoms with Crippen molar-refractivity contribution in [2.45, 2.75) is 45.6 Å². The topological polar surface area (TPSA) is 45.0 Å². The summed E-state index contributed by atoms with van der Waals surface area (Å²) in [5, 5.41) is 12.2. The zero-order chi connectivity index (χ0) is 14.5. The van der Waals surface area contributed by atoms with E-state index < -0.39 is 5.54 Å². The molecule has 0 unspecified atom stereocenters. The lowest BCUT2D eigenvalue weighted by Gasteiger charge is -2.18. The minimum Gasteiger partial charge on any atom is -0.496 e. The van der Waals surface area contributed by atoms with Crippen molar-refractivity contribution in [1.82, 2.24) is 5.32 Å². The second-order valence-electron chi connectivity index (χ2n) is 5.64. The van der Waals surface area contributed by atoms with Crippen LogP contribution in [-0.4, -0.2) is 19.2 Å². The van der Waals surface area contributed by atoms with Crippen molar-refractivity contribution in [1.29, 1.82) is 5.26 Å². The average Bonchev–Trinajstić information content (AvgIpc) is 2.38. The first-order valence-electron chi connectivity index (χ1n) is 6.72. The van der Waals surface area contributed by atoms with E-state index in [2.05, 4.69) is 43.4 Å². The predicted molar refractivity (Wildman–Crippen MR) is 78.5 cm³/mol. The molecule has 0 heterocycles. The van der Waals surface area contributed by atoms with E-state index in [0.717, 1.165) is 18.7 Å². The highest BCUT2D eigenvalue weighted by molar-refractivity contribution is 5.39. The Kier molecular flexibility index (Phi) is 5.38. The second-order valence-corrected chi connectivity index (χ2v) is 5.64. The molecule has 0 spiro atoms. The van der Waals surface area contributed by atoms with Crippen molar-refractivity contribution in [3.63, 3.8) is 0 Å². The highest BCUT2D eigenvalue weighted by atomic mass is 16.5. The standard InChI is InChI=1S/C16H24N2O/c1-12(2)14-7-6-13(15(10-14)19-5)8-9-18-16(3,4)11-17/h6-7,10,12,18H,8-9H2,1-5H3. The van der Waals surface area contributed by atoms with E-state index in [1.165, 1.54) is 11.1 Å². The summed E-state index contributed by atoms with van der Waals surface area (Å²) >= 11 is 0. The molecule has 104 valence electrons. The molecule has 0 bridgehead atoms. The highest BCUT2D eigenvalue weighted by Crippen LogP contribution is 2.25. The van der Waals surface area contributed by atoms with Crippen LogP contribution in [0, 0.1) is 11.3 Å². The molecule has 0 aliphatic carbocycles. The Bertz CT molecular complexity index is 458. The first kappa shape index (κ1) is 15.5. The van der Waals surface area contributed by atoms with Crippen LogP contribution in [0.4, 0.5) is 0 Å². The number of nitrogens with one attached hydrogen (secondary N) is 1. The van der Waals surface area contributed by atoms with Crippen LogP contribution in [0.25, 0.3) is 0 Å². The maximum Gasteiger partial charge on any atom is 0.122 e. The molecule has 0 radical (unpaired) electrons. The average molecular weight is 260 g/mol. The maximum atomic E-state index is 8.95. The molecule has 0 aromatic heterocycles. The van der Waals surface area contributed by atoms with Gasteiger partial charge in [0.1, 0.15) is 11.3 Å². The fourth-order valence-corrected chi connectivity index (χ4v) is 1.88. The third kappa shape index (κ3) is 4.57. The van der Waals surface area contributed by atoms with Gasteiger partial charge in [0, 0.05) is 6.54 Å². The Morgan fingerprint density at radius 2 is 2.05 bits per heavy atom. The quantitative estimate of drug-likeness (QED) is 0.854. The van der Waals surface area contributed by atoms with E-state index >= 15 is 0 Å². The smallest absolute Gasteiger partial charge is 0.122 e. The maximum absolute atomic E-state index is 8.95. The van der Waals surface area contributed by atoms with Crippen molar-refractivity contribution in [2.24, 2.45) is 0 Å². The van der Waals surface area contributed by atoms with Gasteiger partial charge >= 0.3 is 0 Å². The molecule has 1 N–H and O–H groups in total. The molecule has 3 heteroatoms. The number of ether oxygens (including phenoxy) is 1. The molecule has 0 amide bonds. The second kappa shape index (κ2) is 6.58. The van der Waals surface area contributed by atoms with Crippen LogP contribution >= 0.6 is 0 Å². The molecular formula is C16H24N2O. The van der Waals surface area contributed by atoms with Gasteiger partial charge in [-0.3, -0.25) is 5.32 Å². The van der Waals surface area contributed by atoms with Gasteiger partial charge in [-0.1, -0.05) is 26.0 Å². The third-order valence-electron chi connectivity index (χ3n) is 3.22. The van der Waals surface area contributed by atoms with Crippen LogP contribution < -0.4 is 10.1 Å². The summed E-state index contributed by atoms with van der Waals surface area (Å²) in [5.41, 5.74) is 1.98. The number of nitriles is 1. The molecule has 0 aliphatic rings. The van der Waals surface area contributed by atoms with E-state index in [-0.39, 0.29) is 0 Å². The fraction of sp³-hybridized carbons (Fsp3) is 0.562. The normalized spacial score (nSPS) is 11.4. The van der Waals surface area contributed by atoms with Crippen LogP contribution in [-0.2, 0) is 6.42 Å². The summed E-state index contributed by atoms with van der Waals surface area (Å²) in [5.74, 6) is 1.43. The van der Waals surface area contributed by atoms with Crippen molar-refractivity contribution >= 4 is 0 Å². The monoisotopic (exact) mass is 260 g/mol. The summed E-state index contributed by atoms with van der Waals surface area (Å²) in [6.07, 6.45) is 0.854. The van der Waals surface area contributed by atoms with E-state index in [9.17, 15) is 0 Å².